The Morgan fingerprint density at radius 1 is 1.05 bits per heavy atom. The summed E-state index contributed by atoms with van der Waals surface area (Å²) in [5.41, 5.74) is 4.95. The first kappa shape index (κ1) is 12.2. The van der Waals surface area contributed by atoms with E-state index in [0.29, 0.717) is 5.56 Å². The molecule has 0 radical (unpaired) electrons. The first-order valence-electron chi connectivity index (χ1n) is 6.38. The summed E-state index contributed by atoms with van der Waals surface area (Å²) < 4.78 is 1.98. The lowest BCUT2D eigenvalue weighted by Crippen LogP contribution is -1.96. The molecule has 0 N–H and O–H groups in total. The maximum absolute atomic E-state index is 9.26. The Bertz CT molecular complexity index is 780. The summed E-state index contributed by atoms with van der Waals surface area (Å²) in [6, 6.07) is 16.0. The lowest BCUT2D eigenvalue weighted by atomic mass is 9.95. The third-order valence-electron chi connectivity index (χ3n) is 3.43. The SMILES string of the molecule is Cc1c(-c2ccccc2C#N)cccc1-n1ccnc1. The van der Waals surface area contributed by atoms with Crippen molar-refractivity contribution in [2.24, 2.45) is 0 Å². The number of nitrogens with zero attached hydrogens (tertiary/aromatic N) is 3. The molecule has 0 unspecified atom stereocenters. The predicted molar refractivity (Wildman–Crippen MR) is 78.5 cm³/mol. The molecule has 96 valence electrons. The van der Waals surface area contributed by atoms with Gasteiger partial charge in [0.2, 0.25) is 0 Å². The highest BCUT2D eigenvalue weighted by Gasteiger charge is 2.10. The number of imidazole rings is 1. The molecular weight excluding hydrogens is 246 g/mol. The normalized spacial score (nSPS) is 10.2. The second kappa shape index (κ2) is 5.02. The van der Waals surface area contributed by atoms with E-state index in [4.69, 9.17) is 0 Å². The minimum atomic E-state index is 0.693. The fourth-order valence-electron chi connectivity index (χ4n) is 2.41. The summed E-state index contributed by atoms with van der Waals surface area (Å²) in [7, 11) is 0. The minimum Gasteiger partial charge on any atom is -0.306 e. The van der Waals surface area contributed by atoms with Crippen LogP contribution in [0.5, 0.6) is 0 Å². The molecule has 0 amide bonds. The van der Waals surface area contributed by atoms with Crippen molar-refractivity contribution in [3.8, 4) is 22.9 Å². The zero-order valence-corrected chi connectivity index (χ0v) is 11.1. The van der Waals surface area contributed by atoms with Crippen molar-refractivity contribution < 1.29 is 0 Å². The van der Waals surface area contributed by atoms with Crippen LogP contribution < -0.4 is 0 Å². The van der Waals surface area contributed by atoms with E-state index in [1.807, 2.05) is 47.2 Å². The van der Waals surface area contributed by atoms with Crippen LogP contribution in [0.4, 0.5) is 0 Å². The van der Waals surface area contributed by atoms with E-state index in [-0.39, 0.29) is 0 Å². The Balaban J connectivity index is 2.22. The van der Waals surface area contributed by atoms with E-state index in [1.165, 1.54) is 0 Å². The zero-order chi connectivity index (χ0) is 13.9. The average Bonchev–Trinajstić information content (AvgIpc) is 3.01. The number of nitriles is 1. The minimum absolute atomic E-state index is 0.693. The van der Waals surface area contributed by atoms with Crippen molar-refractivity contribution in [3.05, 3.63) is 72.3 Å². The molecule has 20 heavy (non-hydrogen) atoms. The van der Waals surface area contributed by atoms with Crippen molar-refractivity contribution in [1.82, 2.24) is 9.55 Å². The number of hydrogen-bond acceptors (Lipinski definition) is 2. The van der Waals surface area contributed by atoms with E-state index in [2.05, 4.69) is 24.0 Å². The van der Waals surface area contributed by atoms with Gasteiger partial charge in [-0.1, -0.05) is 30.3 Å². The Kier molecular flexibility index (Phi) is 3.06. The van der Waals surface area contributed by atoms with Gasteiger partial charge in [-0.05, 0) is 35.7 Å². The molecule has 0 saturated heterocycles. The maximum Gasteiger partial charge on any atom is 0.0998 e. The molecular formula is C17H13N3. The van der Waals surface area contributed by atoms with Crippen molar-refractivity contribution in [3.63, 3.8) is 0 Å². The number of rotatable bonds is 2. The Morgan fingerprint density at radius 3 is 2.60 bits per heavy atom. The summed E-state index contributed by atoms with van der Waals surface area (Å²) in [4.78, 5) is 4.09. The summed E-state index contributed by atoms with van der Waals surface area (Å²) in [6.07, 6.45) is 5.46. The predicted octanol–water partition coefficient (Wildman–Crippen LogP) is 3.72. The van der Waals surface area contributed by atoms with Gasteiger partial charge in [0.1, 0.15) is 0 Å². The van der Waals surface area contributed by atoms with Crippen LogP contribution in [0, 0.1) is 18.3 Å². The van der Waals surface area contributed by atoms with Crippen molar-refractivity contribution >= 4 is 0 Å². The Hall–Kier alpha value is -2.86. The standard InChI is InChI=1S/C17H13N3/c1-13-15(16-6-3-2-5-14(16)11-18)7-4-8-17(13)20-10-9-19-12-20/h2-10,12H,1H3. The highest BCUT2D eigenvalue weighted by molar-refractivity contribution is 5.75. The summed E-state index contributed by atoms with van der Waals surface area (Å²) in [6.45, 7) is 2.07. The highest BCUT2D eigenvalue weighted by Crippen LogP contribution is 2.29. The van der Waals surface area contributed by atoms with Gasteiger partial charge in [-0.2, -0.15) is 5.26 Å². The first-order valence-corrected chi connectivity index (χ1v) is 6.38. The molecule has 0 fully saturated rings. The number of benzene rings is 2. The lowest BCUT2D eigenvalue weighted by Gasteiger charge is -2.13. The van der Waals surface area contributed by atoms with Gasteiger partial charge in [-0.15, -0.1) is 0 Å². The van der Waals surface area contributed by atoms with Crippen LogP contribution in [-0.4, -0.2) is 9.55 Å². The van der Waals surface area contributed by atoms with E-state index in [1.54, 1.807) is 12.5 Å². The fraction of sp³-hybridized carbons (Fsp3) is 0.0588. The largest absolute Gasteiger partial charge is 0.306 e. The van der Waals surface area contributed by atoms with Crippen molar-refractivity contribution in [2.75, 3.05) is 0 Å². The van der Waals surface area contributed by atoms with Crippen LogP contribution in [0.3, 0.4) is 0 Å². The van der Waals surface area contributed by atoms with Crippen LogP contribution in [0.15, 0.2) is 61.2 Å². The van der Waals surface area contributed by atoms with Gasteiger partial charge in [0.15, 0.2) is 0 Å². The van der Waals surface area contributed by atoms with E-state index < -0.39 is 0 Å². The quantitative estimate of drug-likeness (QED) is 0.703. The molecule has 3 heteroatoms. The van der Waals surface area contributed by atoms with Crippen molar-refractivity contribution in [1.29, 1.82) is 5.26 Å². The zero-order valence-electron chi connectivity index (χ0n) is 11.1. The highest BCUT2D eigenvalue weighted by atomic mass is 15.0. The first-order chi connectivity index (χ1) is 9.81. The van der Waals surface area contributed by atoms with Gasteiger partial charge >= 0.3 is 0 Å². The molecule has 1 aromatic heterocycles. The molecule has 0 bridgehead atoms. The van der Waals surface area contributed by atoms with Crippen LogP contribution in [-0.2, 0) is 0 Å². The van der Waals surface area contributed by atoms with Gasteiger partial charge in [0.25, 0.3) is 0 Å². The molecule has 1 heterocycles. The molecule has 2 aromatic carbocycles. The summed E-state index contributed by atoms with van der Waals surface area (Å²) in [5.74, 6) is 0. The Morgan fingerprint density at radius 2 is 1.85 bits per heavy atom. The molecule has 0 atom stereocenters. The average molecular weight is 259 g/mol. The van der Waals surface area contributed by atoms with E-state index in [9.17, 15) is 5.26 Å². The van der Waals surface area contributed by atoms with Crippen molar-refractivity contribution in [2.45, 2.75) is 6.92 Å². The second-order valence-corrected chi connectivity index (χ2v) is 4.58. The number of hydrogen-bond donors (Lipinski definition) is 0. The van der Waals surface area contributed by atoms with Gasteiger partial charge in [-0.25, -0.2) is 4.98 Å². The molecule has 3 rings (SSSR count). The summed E-state index contributed by atoms with van der Waals surface area (Å²) >= 11 is 0. The third-order valence-corrected chi connectivity index (χ3v) is 3.43. The van der Waals surface area contributed by atoms with Crippen LogP contribution in [0.25, 0.3) is 16.8 Å². The summed E-state index contributed by atoms with van der Waals surface area (Å²) in [5, 5.41) is 9.26. The van der Waals surface area contributed by atoms with Crippen LogP contribution >= 0.6 is 0 Å². The van der Waals surface area contributed by atoms with Crippen LogP contribution in [0.2, 0.25) is 0 Å². The van der Waals surface area contributed by atoms with E-state index >= 15 is 0 Å². The monoisotopic (exact) mass is 259 g/mol. The molecule has 0 aliphatic carbocycles. The van der Waals surface area contributed by atoms with Gasteiger partial charge < -0.3 is 4.57 Å². The van der Waals surface area contributed by atoms with Crippen LogP contribution in [0.1, 0.15) is 11.1 Å². The van der Waals surface area contributed by atoms with Gasteiger partial charge in [0, 0.05) is 18.1 Å². The van der Waals surface area contributed by atoms with Gasteiger partial charge in [-0.3, -0.25) is 0 Å². The topological polar surface area (TPSA) is 41.6 Å². The Labute approximate surface area is 117 Å². The lowest BCUT2D eigenvalue weighted by molar-refractivity contribution is 1.04. The third kappa shape index (κ3) is 1.98. The molecule has 3 aromatic rings. The molecule has 0 spiro atoms. The second-order valence-electron chi connectivity index (χ2n) is 4.58. The fourth-order valence-corrected chi connectivity index (χ4v) is 2.41. The van der Waals surface area contributed by atoms with E-state index in [0.717, 1.165) is 22.4 Å². The number of aromatic nitrogens is 2. The van der Waals surface area contributed by atoms with Gasteiger partial charge in [0.05, 0.1) is 18.0 Å². The maximum atomic E-state index is 9.26. The molecule has 0 aliphatic heterocycles. The molecule has 3 nitrogen and oxygen atoms in total. The molecule has 0 aliphatic rings. The molecule has 0 saturated carbocycles. The smallest absolute Gasteiger partial charge is 0.0998 e.